The number of nitrogens with zero attached hydrogens (tertiary/aromatic N) is 1. The van der Waals surface area contributed by atoms with E-state index in [1.54, 1.807) is 0 Å². The van der Waals surface area contributed by atoms with Gasteiger partial charge in [-0.1, -0.05) is 6.07 Å². The summed E-state index contributed by atoms with van der Waals surface area (Å²) in [6, 6.07) is 5.63. The molecule has 5 heteroatoms. The molecule has 0 unspecified atom stereocenters. The SMILES string of the molecule is CNCc1ccc2c(c1)N(CC=O)C(=O)CO2. The number of carbonyl (C=O) groups is 2. The monoisotopic (exact) mass is 234 g/mol. The lowest BCUT2D eigenvalue weighted by atomic mass is 10.1. The number of aldehydes is 1. The highest BCUT2D eigenvalue weighted by Gasteiger charge is 2.25. The second-order valence-electron chi connectivity index (χ2n) is 3.79. The minimum absolute atomic E-state index is 0.00772. The Kier molecular flexibility index (Phi) is 3.39. The number of benzene rings is 1. The molecule has 0 radical (unpaired) electrons. The van der Waals surface area contributed by atoms with Crippen LogP contribution in [0.15, 0.2) is 18.2 Å². The summed E-state index contributed by atoms with van der Waals surface area (Å²) >= 11 is 0. The molecule has 1 heterocycles. The molecule has 0 fully saturated rings. The van der Waals surface area contributed by atoms with E-state index in [1.807, 2.05) is 25.2 Å². The molecule has 0 saturated heterocycles. The summed E-state index contributed by atoms with van der Waals surface area (Å²) in [7, 11) is 1.85. The fourth-order valence-corrected chi connectivity index (χ4v) is 1.84. The standard InChI is InChI=1S/C12H14N2O3/c1-13-7-9-2-3-11-10(6-9)14(4-5-15)12(16)8-17-11/h2-3,5-6,13H,4,7-8H2,1H3. The average Bonchev–Trinajstić information content (AvgIpc) is 2.33. The number of ether oxygens (including phenoxy) is 1. The quantitative estimate of drug-likeness (QED) is 0.763. The highest BCUT2D eigenvalue weighted by molar-refractivity contribution is 5.99. The predicted molar refractivity (Wildman–Crippen MR) is 63.1 cm³/mol. The highest BCUT2D eigenvalue weighted by atomic mass is 16.5. The van der Waals surface area contributed by atoms with Crippen LogP contribution in [0.4, 0.5) is 5.69 Å². The van der Waals surface area contributed by atoms with E-state index in [2.05, 4.69) is 5.32 Å². The summed E-state index contributed by atoms with van der Waals surface area (Å²) in [5, 5.41) is 3.04. The van der Waals surface area contributed by atoms with E-state index in [1.165, 1.54) is 4.90 Å². The maximum absolute atomic E-state index is 11.6. The van der Waals surface area contributed by atoms with Crippen LogP contribution in [0, 0.1) is 0 Å². The first-order valence-corrected chi connectivity index (χ1v) is 5.40. The third kappa shape index (κ3) is 2.29. The minimum atomic E-state index is -0.189. The number of nitrogens with one attached hydrogen (secondary N) is 1. The number of anilines is 1. The molecule has 2 rings (SSSR count). The largest absolute Gasteiger partial charge is 0.482 e. The third-order valence-electron chi connectivity index (χ3n) is 2.60. The molecule has 0 spiro atoms. The summed E-state index contributed by atoms with van der Waals surface area (Å²) in [5.41, 5.74) is 1.71. The lowest BCUT2D eigenvalue weighted by Crippen LogP contribution is -2.40. The summed E-state index contributed by atoms with van der Waals surface area (Å²) < 4.78 is 5.32. The van der Waals surface area contributed by atoms with Gasteiger partial charge in [-0.15, -0.1) is 0 Å². The van der Waals surface area contributed by atoms with Gasteiger partial charge in [0, 0.05) is 6.54 Å². The maximum Gasteiger partial charge on any atom is 0.265 e. The van der Waals surface area contributed by atoms with E-state index < -0.39 is 0 Å². The lowest BCUT2D eigenvalue weighted by molar-refractivity contribution is -0.122. The van der Waals surface area contributed by atoms with Crippen molar-refractivity contribution in [3.63, 3.8) is 0 Å². The Labute approximate surface area is 99.4 Å². The zero-order chi connectivity index (χ0) is 12.3. The van der Waals surface area contributed by atoms with Gasteiger partial charge in [0.25, 0.3) is 5.91 Å². The van der Waals surface area contributed by atoms with Crippen LogP contribution in [0.25, 0.3) is 0 Å². The first kappa shape index (κ1) is 11.6. The van der Waals surface area contributed by atoms with Crippen molar-refractivity contribution in [2.24, 2.45) is 0 Å². The molecule has 1 amide bonds. The van der Waals surface area contributed by atoms with Crippen molar-refractivity contribution in [2.75, 3.05) is 25.1 Å². The molecule has 0 saturated carbocycles. The molecule has 90 valence electrons. The van der Waals surface area contributed by atoms with Crippen molar-refractivity contribution in [1.82, 2.24) is 5.32 Å². The topological polar surface area (TPSA) is 58.6 Å². The van der Waals surface area contributed by atoms with E-state index in [9.17, 15) is 9.59 Å². The molecule has 1 aliphatic heterocycles. The minimum Gasteiger partial charge on any atom is -0.482 e. The van der Waals surface area contributed by atoms with Crippen molar-refractivity contribution in [1.29, 1.82) is 0 Å². The van der Waals surface area contributed by atoms with E-state index in [4.69, 9.17) is 4.74 Å². The summed E-state index contributed by atoms with van der Waals surface area (Å²) in [5.74, 6) is 0.456. The van der Waals surface area contributed by atoms with Gasteiger partial charge in [0.1, 0.15) is 12.0 Å². The van der Waals surface area contributed by atoms with Gasteiger partial charge in [-0.05, 0) is 24.7 Å². The Morgan fingerprint density at radius 1 is 1.53 bits per heavy atom. The van der Waals surface area contributed by atoms with Gasteiger partial charge < -0.3 is 14.8 Å². The average molecular weight is 234 g/mol. The number of fused-ring (bicyclic) bond motifs is 1. The van der Waals surface area contributed by atoms with Gasteiger partial charge in [-0.25, -0.2) is 0 Å². The highest BCUT2D eigenvalue weighted by Crippen LogP contribution is 2.32. The van der Waals surface area contributed by atoms with Crippen molar-refractivity contribution in [2.45, 2.75) is 6.54 Å². The zero-order valence-electron chi connectivity index (χ0n) is 9.60. The first-order valence-electron chi connectivity index (χ1n) is 5.40. The maximum atomic E-state index is 11.6. The summed E-state index contributed by atoms with van der Waals surface area (Å²) in [4.78, 5) is 23.7. The van der Waals surface area contributed by atoms with Gasteiger partial charge in [-0.3, -0.25) is 9.69 Å². The van der Waals surface area contributed by atoms with Gasteiger partial charge in [0.2, 0.25) is 0 Å². The van der Waals surface area contributed by atoms with Gasteiger partial charge in [0.05, 0.1) is 12.2 Å². The Bertz CT molecular complexity index is 445. The van der Waals surface area contributed by atoms with E-state index in [0.717, 1.165) is 11.8 Å². The van der Waals surface area contributed by atoms with Crippen LogP contribution in [-0.2, 0) is 16.1 Å². The van der Waals surface area contributed by atoms with Gasteiger partial charge >= 0.3 is 0 Å². The molecular formula is C12H14N2O3. The molecule has 1 N–H and O–H groups in total. The van der Waals surface area contributed by atoms with Crippen LogP contribution in [0.3, 0.4) is 0 Å². The van der Waals surface area contributed by atoms with Crippen LogP contribution >= 0.6 is 0 Å². The number of hydrogen-bond acceptors (Lipinski definition) is 4. The predicted octanol–water partition coefficient (Wildman–Crippen LogP) is 0.330. The molecule has 0 atom stereocenters. The molecule has 5 nitrogen and oxygen atoms in total. The van der Waals surface area contributed by atoms with Crippen LogP contribution in [0.5, 0.6) is 5.75 Å². The van der Waals surface area contributed by atoms with E-state index >= 15 is 0 Å². The van der Waals surface area contributed by atoms with Crippen LogP contribution in [-0.4, -0.2) is 32.4 Å². The molecule has 0 bridgehead atoms. The van der Waals surface area contributed by atoms with Crippen molar-refractivity contribution in [3.8, 4) is 5.75 Å². The third-order valence-corrected chi connectivity index (χ3v) is 2.60. The zero-order valence-corrected chi connectivity index (χ0v) is 9.60. The van der Waals surface area contributed by atoms with Crippen molar-refractivity contribution >= 4 is 17.9 Å². The molecule has 0 aromatic heterocycles. The number of amides is 1. The van der Waals surface area contributed by atoms with Gasteiger partial charge in [-0.2, -0.15) is 0 Å². The number of rotatable bonds is 4. The molecule has 1 aromatic carbocycles. The van der Waals surface area contributed by atoms with E-state index in [-0.39, 0.29) is 19.1 Å². The summed E-state index contributed by atoms with van der Waals surface area (Å²) in [6.07, 6.45) is 0.720. The Morgan fingerprint density at radius 2 is 2.35 bits per heavy atom. The number of carbonyl (C=O) groups excluding carboxylic acids is 2. The van der Waals surface area contributed by atoms with Crippen molar-refractivity contribution in [3.05, 3.63) is 23.8 Å². The van der Waals surface area contributed by atoms with Crippen LogP contribution in [0.1, 0.15) is 5.56 Å². The Balaban J connectivity index is 2.37. The smallest absolute Gasteiger partial charge is 0.265 e. The molecule has 0 aliphatic carbocycles. The molecule has 1 aromatic rings. The van der Waals surface area contributed by atoms with E-state index in [0.29, 0.717) is 18.0 Å². The van der Waals surface area contributed by atoms with Gasteiger partial charge in [0.15, 0.2) is 6.61 Å². The first-order chi connectivity index (χ1) is 8.26. The normalized spacial score (nSPS) is 14.2. The Hall–Kier alpha value is -1.88. The lowest BCUT2D eigenvalue weighted by Gasteiger charge is -2.28. The second-order valence-corrected chi connectivity index (χ2v) is 3.79. The summed E-state index contributed by atoms with van der Waals surface area (Å²) in [6.45, 7) is 0.765. The van der Waals surface area contributed by atoms with Crippen LogP contribution in [0.2, 0.25) is 0 Å². The second kappa shape index (κ2) is 4.97. The van der Waals surface area contributed by atoms with Crippen molar-refractivity contribution < 1.29 is 14.3 Å². The number of hydrogen-bond donors (Lipinski definition) is 1. The van der Waals surface area contributed by atoms with Crippen LogP contribution < -0.4 is 15.0 Å². The molecular weight excluding hydrogens is 220 g/mol. The Morgan fingerprint density at radius 3 is 3.06 bits per heavy atom. The molecule has 1 aliphatic rings. The fourth-order valence-electron chi connectivity index (χ4n) is 1.84. The fraction of sp³-hybridized carbons (Fsp3) is 0.333. The molecule has 17 heavy (non-hydrogen) atoms.